The molecule has 0 saturated carbocycles. The van der Waals surface area contributed by atoms with Crippen LogP contribution in [0.25, 0.3) is 0 Å². The van der Waals surface area contributed by atoms with Gasteiger partial charge in [0.05, 0.1) is 0 Å². The molecule has 0 radical (unpaired) electrons. The van der Waals surface area contributed by atoms with Gasteiger partial charge in [-0.25, -0.2) is 0 Å². The van der Waals surface area contributed by atoms with Crippen LogP contribution in [0.1, 0.15) is 13.8 Å². The topological polar surface area (TPSA) is 12.4 Å². The molecule has 0 aromatic carbocycles. The van der Waals surface area contributed by atoms with Gasteiger partial charge in [0.1, 0.15) is 5.17 Å². The highest BCUT2D eigenvalue weighted by Crippen LogP contribution is 1.99. The highest BCUT2D eigenvalue weighted by Gasteiger charge is 1.90. The summed E-state index contributed by atoms with van der Waals surface area (Å²) in [7, 11) is 1.68. The Morgan fingerprint density at radius 2 is 2.12 bits per heavy atom. The second kappa shape index (κ2) is 3.67. The second-order valence-corrected chi connectivity index (χ2v) is 1.84. The molecule has 0 bridgehead atoms. The van der Waals surface area contributed by atoms with Crippen LogP contribution in [-0.2, 0) is 0 Å². The zero-order valence-electron chi connectivity index (χ0n) is 5.40. The van der Waals surface area contributed by atoms with Crippen LogP contribution >= 0.6 is 11.6 Å². The number of hydrogen-bond acceptors (Lipinski definition) is 1. The first-order valence-corrected chi connectivity index (χ1v) is 2.85. The van der Waals surface area contributed by atoms with Crippen LogP contribution in [0.5, 0.6) is 0 Å². The second-order valence-electron chi connectivity index (χ2n) is 1.49. The van der Waals surface area contributed by atoms with E-state index >= 15 is 0 Å². The van der Waals surface area contributed by atoms with Gasteiger partial charge in [-0.15, -0.1) is 0 Å². The Morgan fingerprint density at radius 1 is 1.62 bits per heavy atom. The molecular formula is C6H10ClN. The third kappa shape index (κ3) is 2.12. The summed E-state index contributed by atoms with van der Waals surface area (Å²) in [4.78, 5) is 3.77. The maximum Gasteiger partial charge on any atom is 0.125 e. The molecule has 0 rings (SSSR count). The molecule has 0 amide bonds. The Balaban J connectivity index is 4.04. The average molecular weight is 132 g/mol. The van der Waals surface area contributed by atoms with Crippen molar-refractivity contribution < 1.29 is 0 Å². The van der Waals surface area contributed by atoms with Crippen molar-refractivity contribution >= 4 is 16.8 Å². The predicted octanol–water partition coefficient (Wildman–Crippen LogP) is 2.22. The lowest BCUT2D eigenvalue weighted by molar-refractivity contribution is 1.42. The van der Waals surface area contributed by atoms with Crippen molar-refractivity contribution in [1.29, 1.82) is 0 Å². The van der Waals surface area contributed by atoms with E-state index in [0.717, 1.165) is 5.57 Å². The molecule has 0 aromatic rings. The predicted molar refractivity (Wildman–Crippen MR) is 38.6 cm³/mol. The molecule has 0 aliphatic carbocycles. The Bertz CT molecular complexity index is 108. The molecule has 0 saturated heterocycles. The average Bonchev–Trinajstić information content (AvgIpc) is 1.84. The van der Waals surface area contributed by atoms with Crippen molar-refractivity contribution in [2.75, 3.05) is 7.05 Å². The zero-order chi connectivity index (χ0) is 6.57. The quantitative estimate of drug-likeness (QED) is 0.484. The highest BCUT2D eigenvalue weighted by atomic mass is 35.5. The summed E-state index contributed by atoms with van der Waals surface area (Å²) in [5.41, 5.74) is 1.02. The number of rotatable bonds is 1. The monoisotopic (exact) mass is 131 g/mol. The Labute approximate surface area is 55.1 Å². The minimum absolute atomic E-state index is 0.590. The maximum absolute atomic E-state index is 5.60. The van der Waals surface area contributed by atoms with Crippen LogP contribution in [0, 0.1) is 0 Å². The van der Waals surface area contributed by atoms with E-state index in [1.54, 1.807) is 7.05 Å². The van der Waals surface area contributed by atoms with Gasteiger partial charge in [0.15, 0.2) is 0 Å². The number of halogens is 1. The van der Waals surface area contributed by atoms with Crippen molar-refractivity contribution in [1.82, 2.24) is 0 Å². The Morgan fingerprint density at radius 3 is 2.25 bits per heavy atom. The van der Waals surface area contributed by atoms with Crippen molar-refractivity contribution in [3.63, 3.8) is 0 Å². The smallest absolute Gasteiger partial charge is 0.125 e. The minimum Gasteiger partial charge on any atom is -0.276 e. The van der Waals surface area contributed by atoms with Gasteiger partial charge in [-0.3, -0.25) is 4.99 Å². The molecular weight excluding hydrogens is 122 g/mol. The molecule has 0 fully saturated rings. The van der Waals surface area contributed by atoms with E-state index in [4.69, 9.17) is 11.6 Å². The zero-order valence-corrected chi connectivity index (χ0v) is 6.16. The summed E-state index contributed by atoms with van der Waals surface area (Å²) in [6.45, 7) is 3.86. The molecule has 0 N–H and O–H groups in total. The first-order chi connectivity index (χ1) is 3.72. The summed E-state index contributed by atoms with van der Waals surface area (Å²) in [6.07, 6.45) is 1.93. The van der Waals surface area contributed by atoms with Gasteiger partial charge in [-0.05, 0) is 19.4 Å². The van der Waals surface area contributed by atoms with Gasteiger partial charge in [0.2, 0.25) is 0 Å². The molecule has 0 aliphatic heterocycles. The normalized spacial score (nSPS) is 14.5. The van der Waals surface area contributed by atoms with Crippen LogP contribution in [0.2, 0.25) is 0 Å². The molecule has 0 heterocycles. The van der Waals surface area contributed by atoms with E-state index in [1.165, 1.54) is 0 Å². The highest BCUT2D eigenvalue weighted by molar-refractivity contribution is 6.69. The van der Waals surface area contributed by atoms with E-state index in [0.29, 0.717) is 5.17 Å². The van der Waals surface area contributed by atoms with Crippen LogP contribution < -0.4 is 0 Å². The summed E-state index contributed by atoms with van der Waals surface area (Å²) >= 11 is 5.60. The number of aliphatic imine (C=N–C) groups is 1. The van der Waals surface area contributed by atoms with Crippen molar-refractivity contribution in [2.24, 2.45) is 4.99 Å². The lowest BCUT2D eigenvalue weighted by Gasteiger charge is -1.90. The van der Waals surface area contributed by atoms with Gasteiger partial charge >= 0.3 is 0 Å². The fourth-order valence-corrected chi connectivity index (χ4v) is 0.405. The maximum atomic E-state index is 5.60. The van der Waals surface area contributed by atoms with Gasteiger partial charge in [0, 0.05) is 7.05 Å². The fourth-order valence-electron chi connectivity index (χ4n) is 0.295. The lowest BCUT2D eigenvalue weighted by atomic mass is 10.3. The molecule has 0 aromatic heterocycles. The third-order valence-corrected chi connectivity index (χ3v) is 1.42. The molecule has 0 aliphatic rings. The van der Waals surface area contributed by atoms with E-state index in [9.17, 15) is 0 Å². The first kappa shape index (κ1) is 7.70. The van der Waals surface area contributed by atoms with E-state index in [2.05, 4.69) is 4.99 Å². The molecule has 8 heavy (non-hydrogen) atoms. The van der Waals surface area contributed by atoms with Gasteiger partial charge in [0.25, 0.3) is 0 Å². The molecule has 0 unspecified atom stereocenters. The SMILES string of the molecule is C/C=C(C)\C(Cl)=N/C. The van der Waals surface area contributed by atoms with Crippen LogP contribution in [0.3, 0.4) is 0 Å². The molecule has 0 spiro atoms. The van der Waals surface area contributed by atoms with Crippen LogP contribution in [-0.4, -0.2) is 12.2 Å². The van der Waals surface area contributed by atoms with Crippen molar-refractivity contribution in [3.05, 3.63) is 11.6 Å². The fraction of sp³-hybridized carbons (Fsp3) is 0.500. The number of nitrogens with zero attached hydrogens (tertiary/aromatic N) is 1. The third-order valence-electron chi connectivity index (χ3n) is 0.955. The van der Waals surface area contributed by atoms with E-state index < -0.39 is 0 Å². The summed E-state index contributed by atoms with van der Waals surface area (Å²) in [5, 5.41) is 0.590. The summed E-state index contributed by atoms with van der Waals surface area (Å²) in [5.74, 6) is 0. The van der Waals surface area contributed by atoms with E-state index in [1.807, 2.05) is 19.9 Å². The molecule has 46 valence electrons. The van der Waals surface area contributed by atoms with Gasteiger partial charge < -0.3 is 0 Å². The number of hydrogen-bond donors (Lipinski definition) is 0. The molecule has 0 atom stereocenters. The Hall–Kier alpha value is -0.300. The largest absolute Gasteiger partial charge is 0.276 e. The number of allylic oxidation sites excluding steroid dienone is 2. The van der Waals surface area contributed by atoms with Crippen LogP contribution in [0.4, 0.5) is 0 Å². The summed E-state index contributed by atoms with van der Waals surface area (Å²) < 4.78 is 0. The Kier molecular flexibility index (Phi) is 3.53. The van der Waals surface area contributed by atoms with E-state index in [-0.39, 0.29) is 0 Å². The van der Waals surface area contributed by atoms with Crippen molar-refractivity contribution in [3.8, 4) is 0 Å². The standard InChI is InChI=1S/C6H10ClN/c1-4-5(2)6(7)8-3/h4H,1-3H3/b5-4-,8-6+. The van der Waals surface area contributed by atoms with Crippen molar-refractivity contribution in [2.45, 2.75) is 13.8 Å². The van der Waals surface area contributed by atoms with Gasteiger partial charge in [-0.2, -0.15) is 0 Å². The minimum atomic E-state index is 0.590. The van der Waals surface area contributed by atoms with Crippen LogP contribution in [0.15, 0.2) is 16.6 Å². The first-order valence-electron chi connectivity index (χ1n) is 2.48. The molecule has 2 heteroatoms. The lowest BCUT2D eigenvalue weighted by Crippen LogP contribution is -1.86. The van der Waals surface area contributed by atoms with Gasteiger partial charge in [-0.1, -0.05) is 17.7 Å². The molecule has 1 nitrogen and oxygen atoms in total. The summed E-state index contributed by atoms with van der Waals surface area (Å²) in [6, 6.07) is 0.